The van der Waals surface area contributed by atoms with Crippen molar-refractivity contribution >= 4 is 23.0 Å². The van der Waals surface area contributed by atoms with Crippen molar-refractivity contribution in [3.63, 3.8) is 0 Å². The minimum atomic E-state index is -0.0578. The van der Waals surface area contributed by atoms with Gasteiger partial charge in [0.15, 0.2) is 5.11 Å². The van der Waals surface area contributed by atoms with Gasteiger partial charge in [0.25, 0.3) is 0 Å². The fraction of sp³-hybridized carbons (Fsp3) is 0.0833. The van der Waals surface area contributed by atoms with Gasteiger partial charge in [-0.1, -0.05) is 24.3 Å². The van der Waals surface area contributed by atoms with Crippen LogP contribution in [0.25, 0.3) is 0 Å². The molecule has 5 rings (SSSR count). The smallest absolute Gasteiger partial charge is 0.174 e. The molecule has 0 radical (unpaired) electrons. The molecule has 0 spiro atoms. The first-order valence-electron chi connectivity index (χ1n) is 9.76. The summed E-state index contributed by atoms with van der Waals surface area (Å²) in [7, 11) is 0. The third-order valence-electron chi connectivity index (χ3n) is 5.13. The zero-order chi connectivity index (χ0) is 20.3. The van der Waals surface area contributed by atoms with E-state index in [1.54, 1.807) is 0 Å². The van der Waals surface area contributed by atoms with Crippen LogP contribution in [0.1, 0.15) is 23.5 Å². The lowest BCUT2D eigenvalue weighted by atomic mass is 10.0. The van der Waals surface area contributed by atoms with E-state index in [2.05, 4.69) is 26.3 Å². The van der Waals surface area contributed by atoms with Crippen LogP contribution in [0.5, 0.6) is 11.5 Å². The fourth-order valence-electron chi connectivity index (χ4n) is 3.78. The minimum Gasteiger partial charge on any atom is -0.457 e. The Balaban J connectivity index is 1.47. The SMILES string of the molecule is S=C1N[C@H](c2ccccn2)[C@H](c2ccc[nH]2)N1c1ccc(Oc2ccccc2)cc1. The van der Waals surface area contributed by atoms with Crippen molar-refractivity contribution in [2.24, 2.45) is 0 Å². The van der Waals surface area contributed by atoms with Crippen LogP contribution >= 0.6 is 12.2 Å². The number of thiocarbonyl (C=S) groups is 1. The number of H-pyrrole nitrogens is 1. The summed E-state index contributed by atoms with van der Waals surface area (Å²) in [6.07, 6.45) is 3.74. The molecule has 2 atom stereocenters. The Bertz CT molecular complexity index is 1120. The Morgan fingerprint density at radius 1 is 0.833 bits per heavy atom. The van der Waals surface area contributed by atoms with Crippen LogP contribution in [0, 0.1) is 0 Å². The number of nitrogens with zero attached hydrogens (tertiary/aromatic N) is 2. The van der Waals surface area contributed by atoms with Crippen LogP contribution in [-0.2, 0) is 0 Å². The standard InChI is InChI=1S/C24H20N4OS/c30-24-27-22(20-9-4-5-15-25-20)23(21-10-6-16-26-21)28(24)17-11-13-19(14-12-17)29-18-7-2-1-3-8-18/h1-16,22-23,26H,(H,27,30)/t22-,23+/m1/s1. The first kappa shape index (κ1) is 18.4. The Hall–Kier alpha value is -3.64. The maximum atomic E-state index is 5.93. The second kappa shape index (κ2) is 8.00. The van der Waals surface area contributed by atoms with Crippen LogP contribution in [0.3, 0.4) is 0 Å². The Labute approximate surface area is 180 Å². The van der Waals surface area contributed by atoms with E-state index in [4.69, 9.17) is 17.0 Å². The van der Waals surface area contributed by atoms with Crippen molar-refractivity contribution < 1.29 is 4.74 Å². The number of hydrogen-bond donors (Lipinski definition) is 2. The molecule has 148 valence electrons. The maximum absolute atomic E-state index is 5.93. The molecule has 1 saturated heterocycles. The van der Waals surface area contributed by atoms with Crippen LogP contribution < -0.4 is 15.0 Å². The average Bonchev–Trinajstić information content (AvgIpc) is 3.43. The van der Waals surface area contributed by atoms with Gasteiger partial charge in [-0.25, -0.2) is 0 Å². The number of nitrogens with one attached hydrogen (secondary N) is 2. The lowest BCUT2D eigenvalue weighted by molar-refractivity contribution is 0.482. The summed E-state index contributed by atoms with van der Waals surface area (Å²) in [5.74, 6) is 1.59. The van der Waals surface area contributed by atoms with Crippen molar-refractivity contribution in [2.75, 3.05) is 4.90 Å². The summed E-state index contributed by atoms with van der Waals surface area (Å²) in [6.45, 7) is 0. The van der Waals surface area contributed by atoms with Gasteiger partial charge in [0.05, 0.1) is 11.7 Å². The summed E-state index contributed by atoms with van der Waals surface area (Å²) in [5.41, 5.74) is 3.01. The van der Waals surface area contributed by atoms with E-state index in [9.17, 15) is 0 Å². The zero-order valence-electron chi connectivity index (χ0n) is 16.1. The van der Waals surface area contributed by atoms with Crippen LogP contribution in [0.4, 0.5) is 5.69 Å². The normalized spacial score (nSPS) is 18.3. The van der Waals surface area contributed by atoms with Crippen LogP contribution in [0.2, 0.25) is 0 Å². The van der Waals surface area contributed by atoms with Crippen LogP contribution in [-0.4, -0.2) is 15.1 Å². The second-order valence-corrected chi connectivity index (χ2v) is 7.42. The molecule has 5 nitrogen and oxygen atoms in total. The number of pyridine rings is 1. The summed E-state index contributed by atoms with van der Waals surface area (Å²) >= 11 is 5.73. The van der Waals surface area contributed by atoms with Gasteiger partial charge in [0, 0.05) is 23.8 Å². The van der Waals surface area contributed by atoms with E-state index in [0.717, 1.165) is 28.6 Å². The molecule has 1 aliphatic heterocycles. The number of ether oxygens (including phenoxy) is 1. The van der Waals surface area contributed by atoms with Crippen molar-refractivity contribution in [3.05, 3.63) is 109 Å². The van der Waals surface area contributed by atoms with Gasteiger partial charge in [-0.2, -0.15) is 0 Å². The molecule has 1 aliphatic rings. The number of benzene rings is 2. The van der Waals surface area contributed by atoms with E-state index < -0.39 is 0 Å². The molecule has 1 fully saturated rings. The van der Waals surface area contributed by atoms with Crippen LogP contribution in [0.15, 0.2) is 97.3 Å². The van der Waals surface area contributed by atoms with E-state index in [0.29, 0.717) is 5.11 Å². The highest BCUT2D eigenvalue weighted by Crippen LogP contribution is 2.41. The molecule has 2 N–H and O–H groups in total. The molecule has 0 amide bonds. The van der Waals surface area contributed by atoms with Gasteiger partial charge >= 0.3 is 0 Å². The third-order valence-corrected chi connectivity index (χ3v) is 5.45. The highest BCUT2D eigenvalue weighted by molar-refractivity contribution is 7.80. The molecular weight excluding hydrogens is 392 g/mol. The summed E-state index contributed by atoms with van der Waals surface area (Å²) in [5, 5.41) is 4.12. The predicted molar refractivity (Wildman–Crippen MR) is 122 cm³/mol. The van der Waals surface area contributed by atoms with Gasteiger partial charge in [-0.3, -0.25) is 4.98 Å². The molecule has 6 heteroatoms. The largest absolute Gasteiger partial charge is 0.457 e. The molecule has 0 unspecified atom stereocenters. The molecule has 30 heavy (non-hydrogen) atoms. The quantitative estimate of drug-likeness (QED) is 0.431. The first-order valence-corrected chi connectivity index (χ1v) is 10.2. The van der Waals surface area contributed by atoms with Gasteiger partial charge in [-0.15, -0.1) is 0 Å². The lowest BCUT2D eigenvalue weighted by Crippen LogP contribution is -2.29. The van der Waals surface area contributed by atoms with Gasteiger partial charge in [-0.05, 0) is 72.9 Å². The first-order chi connectivity index (χ1) is 14.8. The van der Waals surface area contributed by atoms with E-state index in [-0.39, 0.29) is 12.1 Å². The van der Waals surface area contributed by atoms with E-state index in [1.165, 1.54) is 0 Å². The molecule has 2 aromatic carbocycles. The van der Waals surface area contributed by atoms with Gasteiger partial charge in [0.2, 0.25) is 0 Å². The van der Waals surface area contributed by atoms with Crippen molar-refractivity contribution in [1.82, 2.24) is 15.3 Å². The molecule has 0 bridgehead atoms. The summed E-state index contributed by atoms with van der Waals surface area (Å²) < 4.78 is 5.93. The molecular formula is C24H20N4OS. The van der Waals surface area contributed by atoms with Gasteiger partial charge in [0.1, 0.15) is 17.5 Å². The molecule has 0 aliphatic carbocycles. The Morgan fingerprint density at radius 3 is 2.30 bits per heavy atom. The zero-order valence-corrected chi connectivity index (χ0v) is 16.9. The summed E-state index contributed by atoms with van der Waals surface area (Å²) in [4.78, 5) is 10.0. The molecule has 4 aromatic rings. The topological polar surface area (TPSA) is 53.2 Å². The number of rotatable bonds is 5. The highest BCUT2D eigenvalue weighted by Gasteiger charge is 2.41. The number of hydrogen-bond acceptors (Lipinski definition) is 3. The average molecular weight is 413 g/mol. The Kier molecular flexibility index (Phi) is 4.91. The number of aromatic nitrogens is 2. The van der Waals surface area contributed by atoms with Gasteiger partial charge < -0.3 is 19.9 Å². The molecule has 3 heterocycles. The van der Waals surface area contributed by atoms with Crippen molar-refractivity contribution in [1.29, 1.82) is 0 Å². The highest BCUT2D eigenvalue weighted by atomic mass is 32.1. The van der Waals surface area contributed by atoms with Crippen molar-refractivity contribution in [2.45, 2.75) is 12.1 Å². The second-order valence-electron chi connectivity index (χ2n) is 7.03. The number of anilines is 1. The van der Waals surface area contributed by atoms with Crippen molar-refractivity contribution in [3.8, 4) is 11.5 Å². The monoisotopic (exact) mass is 412 g/mol. The molecule has 0 saturated carbocycles. The minimum absolute atomic E-state index is 0.0386. The lowest BCUT2D eigenvalue weighted by Gasteiger charge is -2.27. The fourth-order valence-corrected chi connectivity index (χ4v) is 4.12. The third kappa shape index (κ3) is 3.53. The predicted octanol–water partition coefficient (Wildman–Crippen LogP) is 5.38. The number of aromatic amines is 1. The van der Waals surface area contributed by atoms with E-state index >= 15 is 0 Å². The summed E-state index contributed by atoms with van der Waals surface area (Å²) in [6, 6.07) is 27.7. The Morgan fingerprint density at radius 2 is 1.60 bits per heavy atom. The van der Waals surface area contributed by atoms with E-state index in [1.807, 2.05) is 91.3 Å². The maximum Gasteiger partial charge on any atom is 0.174 e. The number of para-hydroxylation sites is 1. The molecule has 2 aromatic heterocycles.